The van der Waals surface area contributed by atoms with Crippen molar-refractivity contribution in [2.45, 2.75) is 30.7 Å². The third kappa shape index (κ3) is 2.80. The van der Waals surface area contributed by atoms with Crippen molar-refractivity contribution in [3.63, 3.8) is 0 Å². The van der Waals surface area contributed by atoms with E-state index in [1.807, 2.05) is 0 Å². The minimum atomic E-state index is -1.48. The van der Waals surface area contributed by atoms with Crippen LogP contribution in [0.3, 0.4) is 0 Å². The Morgan fingerprint density at radius 1 is 1.16 bits per heavy atom. The van der Waals surface area contributed by atoms with Gasteiger partial charge in [0.15, 0.2) is 12.4 Å². The van der Waals surface area contributed by atoms with Gasteiger partial charge in [0.05, 0.1) is 12.3 Å². The molecule has 0 aliphatic carbocycles. The summed E-state index contributed by atoms with van der Waals surface area (Å²) in [5, 5.41) is 38.3. The fourth-order valence-corrected chi connectivity index (χ4v) is 1.93. The lowest BCUT2D eigenvalue weighted by molar-refractivity contribution is -0.280. The normalized spacial score (nSPS) is 35.1. The summed E-state index contributed by atoms with van der Waals surface area (Å²) in [7, 11) is 0. The standard InChI is InChI=1S/C12H17NO6/c13-6-3-1-2-4-7(6)18-11-10(16)9(15)8(5-14)19-12(11)17/h1-4,8-12,14-17H,5,13H2/t8-,9-,10+,11-,12+/m1/s1. The van der Waals surface area contributed by atoms with Gasteiger partial charge in [-0.25, -0.2) is 0 Å². The van der Waals surface area contributed by atoms with Gasteiger partial charge in [0.1, 0.15) is 24.1 Å². The van der Waals surface area contributed by atoms with E-state index in [1.54, 1.807) is 24.3 Å². The van der Waals surface area contributed by atoms with Gasteiger partial charge < -0.3 is 35.6 Å². The van der Waals surface area contributed by atoms with Crippen LogP contribution in [-0.4, -0.2) is 57.7 Å². The van der Waals surface area contributed by atoms with Crippen molar-refractivity contribution in [1.29, 1.82) is 0 Å². The quantitative estimate of drug-likeness (QED) is 0.421. The molecular formula is C12H17NO6. The van der Waals surface area contributed by atoms with E-state index >= 15 is 0 Å². The summed E-state index contributed by atoms with van der Waals surface area (Å²) >= 11 is 0. The first-order chi connectivity index (χ1) is 9.04. The van der Waals surface area contributed by atoms with Crippen LogP contribution in [0.1, 0.15) is 0 Å². The second kappa shape index (κ2) is 5.72. The smallest absolute Gasteiger partial charge is 0.195 e. The molecule has 1 aliphatic rings. The highest BCUT2D eigenvalue weighted by molar-refractivity contribution is 5.51. The topological polar surface area (TPSA) is 125 Å². The molecule has 2 rings (SSSR count). The summed E-state index contributed by atoms with van der Waals surface area (Å²) in [6.07, 6.45) is -6.49. The summed E-state index contributed by atoms with van der Waals surface area (Å²) < 4.78 is 10.4. The summed E-state index contributed by atoms with van der Waals surface area (Å²) in [5.74, 6) is 0.267. The number of hydrogen-bond acceptors (Lipinski definition) is 7. The molecule has 5 atom stereocenters. The van der Waals surface area contributed by atoms with E-state index < -0.39 is 37.3 Å². The Kier molecular flexibility index (Phi) is 4.23. The first-order valence-electron chi connectivity index (χ1n) is 5.86. The third-order valence-electron chi connectivity index (χ3n) is 3.02. The number of benzene rings is 1. The van der Waals surface area contributed by atoms with Gasteiger partial charge >= 0.3 is 0 Å². The van der Waals surface area contributed by atoms with E-state index in [0.29, 0.717) is 5.69 Å². The summed E-state index contributed by atoms with van der Waals surface area (Å²) in [5.41, 5.74) is 6.02. The van der Waals surface area contributed by atoms with Crippen LogP contribution >= 0.6 is 0 Å². The molecule has 0 saturated carbocycles. The molecule has 6 N–H and O–H groups in total. The zero-order valence-electron chi connectivity index (χ0n) is 10.1. The average Bonchev–Trinajstić information content (AvgIpc) is 2.41. The molecule has 1 aliphatic heterocycles. The second-order valence-electron chi connectivity index (χ2n) is 4.35. The van der Waals surface area contributed by atoms with E-state index in [9.17, 15) is 15.3 Å². The molecule has 1 aromatic carbocycles. The molecule has 0 amide bonds. The van der Waals surface area contributed by atoms with Gasteiger partial charge in [0.25, 0.3) is 0 Å². The maximum Gasteiger partial charge on any atom is 0.195 e. The van der Waals surface area contributed by atoms with Crippen LogP contribution in [0.4, 0.5) is 5.69 Å². The minimum absolute atomic E-state index is 0.267. The predicted octanol–water partition coefficient (Wildman–Crippen LogP) is -1.55. The lowest BCUT2D eigenvalue weighted by Crippen LogP contribution is -2.60. The van der Waals surface area contributed by atoms with Gasteiger partial charge in [0, 0.05) is 0 Å². The van der Waals surface area contributed by atoms with Gasteiger partial charge in [-0.05, 0) is 12.1 Å². The van der Waals surface area contributed by atoms with Gasteiger partial charge in [-0.2, -0.15) is 0 Å². The summed E-state index contributed by atoms with van der Waals surface area (Å²) in [6.45, 7) is -0.518. The molecule has 1 fully saturated rings. The SMILES string of the molecule is Nc1ccccc1O[C@@H]1[C@@H](O)[C@H](O)[C@@H](CO)O[C@@H]1O. The van der Waals surface area contributed by atoms with Crippen molar-refractivity contribution in [3.05, 3.63) is 24.3 Å². The minimum Gasteiger partial charge on any atom is -0.480 e. The van der Waals surface area contributed by atoms with E-state index in [0.717, 1.165) is 0 Å². The second-order valence-corrected chi connectivity index (χ2v) is 4.35. The molecule has 19 heavy (non-hydrogen) atoms. The molecular weight excluding hydrogens is 254 g/mol. The maximum absolute atomic E-state index is 9.89. The molecule has 0 unspecified atom stereocenters. The number of hydrogen-bond donors (Lipinski definition) is 5. The van der Waals surface area contributed by atoms with Gasteiger partial charge in [-0.1, -0.05) is 12.1 Å². The van der Waals surface area contributed by atoms with E-state index in [4.69, 9.17) is 20.3 Å². The molecule has 1 saturated heterocycles. The van der Waals surface area contributed by atoms with Crippen molar-refractivity contribution in [2.24, 2.45) is 0 Å². The number of para-hydroxylation sites is 2. The van der Waals surface area contributed by atoms with Crippen LogP contribution in [0.2, 0.25) is 0 Å². The number of nitrogens with two attached hydrogens (primary N) is 1. The zero-order valence-corrected chi connectivity index (χ0v) is 10.1. The molecule has 1 aromatic rings. The molecule has 0 radical (unpaired) electrons. The number of anilines is 1. The van der Waals surface area contributed by atoms with Crippen molar-refractivity contribution in [2.75, 3.05) is 12.3 Å². The monoisotopic (exact) mass is 271 g/mol. The van der Waals surface area contributed by atoms with Crippen molar-refractivity contribution in [3.8, 4) is 5.75 Å². The molecule has 0 aromatic heterocycles. The van der Waals surface area contributed by atoms with Crippen LogP contribution < -0.4 is 10.5 Å². The van der Waals surface area contributed by atoms with Crippen LogP contribution in [-0.2, 0) is 4.74 Å². The number of aliphatic hydroxyl groups is 4. The molecule has 0 bridgehead atoms. The molecule has 106 valence electrons. The first-order valence-corrected chi connectivity index (χ1v) is 5.86. The van der Waals surface area contributed by atoms with Crippen LogP contribution in [0.15, 0.2) is 24.3 Å². The van der Waals surface area contributed by atoms with Gasteiger partial charge in [0.2, 0.25) is 0 Å². The number of ether oxygens (including phenoxy) is 2. The summed E-state index contributed by atoms with van der Waals surface area (Å²) in [6, 6.07) is 6.56. The number of aliphatic hydroxyl groups excluding tert-OH is 4. The lowest BCUT2D eigenvalue weighted by atomic mass is 9.99. The average molecular weight is 271 g/mol. The van der Waals surface area contributed by atoms with Crippen LogP contribution in [0.25, 0.3) is 0 Å². The Balaban J connectivity index is 2.14. The van der Waals surface area contributed by atoms with E-state index in [-0.39, 0.29) is 5.75 Å². The van der Waals surface area contributed by atoms with Crippen LogP contribution in [0, 0.1) is 0 Å². The van der Waals surface area contributed by atoms with Crippen molar-refractivity contribution < 1.29 is 29.9 Å². The number of rotatable bonds is 3. The highest BCUT2D eigenvalue weighted by Gasteiger charge is 2.45. The third-order valence-corrected chi connectivity index (χ3v) is 3.02. The van der Waals surface area contributed by atoms with E-state index in [2.05, 4.69) is 0 Å². The molecule has 0 spiro atoms. The maximum atomic E-state index is 9.89. The predicted molar refractivity (Wildman–Crippen MR) is 65.2 cm³/mol. The Labute approximate surface area is 109 Å². The Hall–Kier alpha value is -1.38. The molecule has 1 heterocycles. The van der Waals surface area contributed by atoms with Gasteiger partial charge in [-0.3, -0.25) is 0 Å². The molecule has 7 heteroatoms. The Morgan fingerprint density at radius 2 is 1.84 bits per heavy atom. The zero-order chi connectivity index (χ0) is 14.0. The highest BCUT2D eigenvalue weighted by Crippen LogP contribution is 2.27. The van der Waals surface area contributed by atoms with Crippen LogP contribution in [0.5, 0.6) is 5.75 Å². The van der Waals surface area contributed by atoms with E-state index in [1.165, 1.54) is 0 Å². The van der Waals surface area contributed by atoms with Crippen molar-refractivity contribution >= 4 is 5.69 Å². The Bertz CT molecular complexity index is 428. The summed E-state index contributed by atoms with van der Waals surface area (Å²) in [4.78, 5) is 0. The lowest BCUT2D eigenvalue weighted by Gasteiger charge is -2.39. The van der Waals surface area contributed by atoms with Gasteiger partial charge in [-0.15, -0.1) is 0 Å². The largest absolute Gasteiger partial charge is 0.480 e. The molecule has 7 nitrogen and oxygen atoms in total. The number of nitrogen functional groups attached to an aromatic ring is 1. The fourth-order valence-electron chi connectivity index (χ4n) is 1.93. The Morgan fingerprint density at radius 3 is 2.47 bits per heavy atom. The fraction of sp³-hybridized carbons (Fsp3) is 0.500. The van der Waals surface area contributed by atoms with Crippen molar-refractivity contribution in [1.82, 2.24) is 0 Å². The highest BCUT2D eigenvalue weighted by atomic mass is 16.7. The first kappa shape index (κ1) is 14.0.